The van der Waals surface area contributed by atoms with Crippen molar-refractivity contribution in [3.63, 3.8) is 0 Å². The van der Waals surface area contributed by atoms with Crippen LogP contribution in [0.15, 0.2) is 199 Å². The van der Waals surface area contributed by atoms with Crippen LogP contribution in [0.5, 0.6) is 40.2 Å². The molecule has 0 saturated carbocycles. The number of benzene rings is 9. The predicted octanol–water partition coefficient (Wildman–Crippen LogP) is 19.6. The van der Waals surface area contributed by atoms with Crippen LogP contribution in [0.4, 0.5) is 0 Å². The van der Waals surface area contributed by atoms with Crippen molar-refractivity contribution in [2.75, 3.05) is 110 Å². The van der Waals surface area contributed by atoms with Gasteiger partial charge in [-0.25, -0.2) is 0 Å². The van der Waals surface area contributed by atoms with E-state index >= 15 is 0 Å². The smallest absolute Gasteiger partial charge is 0.492 e. The third-order valence-electron chi connectivity index (χ3n) is 15.3. The minimum atomic E-state index is -1.52. The molecule has 0 spiro atoms. The highest BCUT2D eigenvalue weighted by atomic mass is 127. The molecule has 0 radical (unpaired) electrons. The Labute approximate surface area is 656 Å². The maximum Gasteiger partial charge on any atom is 0.492 e. The summed E-state index contributed by atoms with van der Waals surface area (Å²) in [6.07, 6.45) is 7.67. The number of aryl methyl sites for hydroxylation is 8. The van der Waals surface area contributed by atoms with Gasteiger partial charge in [0, 0.05) is 87.1 Å². The number of hydrogen-bond donors (Lipinski definition) is 2. The monoisotopic (exact) mass is 1660 g/mol. The third-order valence-corrected chi connectivity index (χ3v) is 20.9. The van der Waals surface area contributed by atoms with Gasteiger partial charge in [-0.05, 0) is 221 Å². The summed E-state index contributed by atoms with van der Waals surface area (Å²) in [5.41, 5.74) is 12.6. The molecule has 0 aliphatic carbocycles. The summed E-state index contributed by atoms with van der Waals surface area (Å²) in [5, 5.41) is 20.0. The van der Waals surface area contributed by atoms with Gasteiger partial charge in [0.1, 0.15) is 40.2 Å². The molecule has 3 aliphatic rings. The van der Waals surface area contributed by atoms with E-state index in [4.69, 9.17) is 82.9 Å². The van der Waals surface area contributed by atoms with Gasteiger partial charge in [0.15, 0.2) is 20.4 Å². The van der Waals surface area contributed by atoms with Crippen LogP contribution in [-0.4, -0.2) is 127 Å². The Morgan fingerprint density at radius 3 is 1.16 bits per heavy atom. The SMILES string of the molecule is C.C1CCOC1.C1CCOC1.C1CCOC1.COCOc1ccccc1.COCOc1ccccc1-c1c(C)cccc1C.COCOc1ccccc1B(O)O.COc1cccc(C)c1.COc1cccc(C)c1I.COc1cccc(C)c1P(Cl)c1c(C)cccc1OC.Cc1cccc(C)c1Br. The molecule has 572 valence electrons. The molecule has 3 aliphatic heterocycles. The summed E-state index contributed by atoms with van der Waals surface area (Å²) in [7, 11) is 8.88. The van der Waals surface area contributed by atoms with Crippen LogP contribution in [0.2, 0.25) is 0 Å². The summed E-state index contributed by atoms with van der Waals surface area (Å²) >= 11 is 12.6. The van der Waals surface area contributed by atoms with E-state index in [1.165, 1.54) is 92.6 Å². The number of rotatable bonds is 17. The lowest BCUT2D eigenvalue weighted by atomic mass is 9.80. The zero-order valence-corrected chi connectivity index (χ0v) is 68.8. The van der Waals surface area contributed by atoms with Crippen molar-refractivity contribution in [2.45, 2.75) is 101 Å². The van der Waals surface area contributed by atoms with Gasteiger partial charge in [-0.1, -0.05) is 174 Å². The van der Waals surface area contributed by atoms with E-state index in [0.717, 1.165) is 101 Å². The van der Waals surface area contributed by atoms with Gasteiger partial charge >= 0.3 is 7.12 Å². The van der Waals surface area contributed by atoms with E-state index < -0.39 is 14.4 Å². The largest absolute Gasteiger partial charge is 0.497 e. The molecule has 3 heterocycles. The van der Waals surface area contributed by atoms with Gasteiger partial charge < -0.3 is 71.6 Å². The maximum atomic E-state index is 8.94. The molecule has 12 rings (SSSR count). The van der Waals surface area contributed by atoms with Crippen LogP contribution >= 0.6 is 57.0 Å². The molecule has 9 aromatic rings. The van der Waals surface area contributed by atoms with E-state index in [0.29, 0.717) is 18.0 Å². The molecule has 20 heteroatoms. The fourth-order valence-electron chi connectivity index (χ4n) is 9.81. The van der Waals surface area contributed by atoms with Crippen LogP contribution in [0.1, 0.15) is 90.5 Å². The minimum absolute atomic E-state index is 0. The first-order chi connectivity index (χ1) is 50.3. The molecule has 0 amide bonds. The van der Waals surface area contributed by atoms with E-state index in [-0.39, 0.29) is 21.0 Å². The minimum Gasteiger partial charge on any atom is -0.497 e. The zero-order valence-electron chi connectivity index (χ0n) is 63.4. The van der Waals surface area contributed by atoms with Gasteiger partial charge in [0.25, 0.3) is 0 Å². The van der Waals surface area contributed by atoms with E-state index in [1.54, 1.807) is 66.9 Å². The first-order valence-corrected chi connectivity index (χ1v) is 38.5. The Bertz CT molecular complexity index is 3610. The lowest BCUT2D eigenvalue weighted by molar-refractivity contribution is 0.0510. The fourth-order valence-corrected chi connectivity index (χ4v) is 13.7. The summed E-state index contributed by atoms with van der Waals surface area (Å²) in [6, 6.07) is 62.8. The lowest BCUT2D eigenvalue weighted by Crippen LogP contribution is -2.31. The third kappa shape index (κ3) is 37.1. The van der Waals surface area contributed by atoms with Crippen molar-refractivity contribution in [1.29, 1.82) is 0 Å². The Kier molecular flexibility index (Phi) is 51.6. The van der Waals surface area contributed by atoms with Gasteiger partial charge in [-0.2, -0.15) is 0 Å². The molecule has 105 heavy (non-hydrogen) atoms. The number of halogens is 3. The molecule has 3 fully saturated rings. The highest BCUT2D eigenvalue weighted by Gasteiger charge is 2.23. The second kappa shape index (κ2) is 57.4. The molecule has 0 bridgehead atoms. The Morgan fingerprint density at radius 2 is 0.762 bits per heavy atom. The highest BCUT2D eigenvalue weighted by Crippen LogP contribution is 2.46. The molecule has 2 N–H and O–H groups in total. The van der Waals surface area contributed by atoms with Gasteiger partial charge in [-0.15, -0.1) is 0 Å². The molecule has 3 saturated heterocycles. The first-order valence-electron chi connectivity index (χ1n) is 34.4. The number of hydrogen-bond acceptors (Lipinski definition) is 15. The molecule has 0 unspecified atom stereocenters. The topological polar surface area (TPSA) is 160 Å². The lowest BCUT2D eigenvalue weighted by Gasteiger charge is -2.20. The molecule has 15 nitrogen and oxygen atoms in total. The van der Waals surface area contributed by atoms with Gasteiger partial charge in [0.2, 0.25) is 0 Å². The van der Waals surface area contributed by atoms with Crippen molar-refractivity contribution in [2.24, 2.45) is 0 Å². The summed E-state index contributed by atoms with van der Waals surface area (Å²) in [4.78, 5) is 0. The predicted molar refractivity (Wildman–Crippen MR) is 448 cm³/mol. The van der Waals surface area contributed by atoms with Crippen LogP contribution < -0.4 is 49.2 Å². The Hall–Kier alpha value is -6.75. The van der Waals surface area contributed by atoms with Crippen LogP contribution in [0.3, 0.4) is 0 Å². The van der Waals surface area contributed by atoms with Gasteiger partial charge in [-0.3, -0.25) is 0 Å². The normalized spacial score (nSPS) is 11.9. The Morgan fingerprint density at radius 1 is 0.400 bits per heavy atom. The van der Waals surface area contributed by atoms with Crippen molar-refractivity contribution in [3.8, 4) is 51.4 Å². The summed E-state index contributed by atoms with van der Waals surface area (Å²) in [6.45, 7) is 23.3. The second-order valence-corrected chi connectivity index (χ2v) is 27.8. The van der Waals surface area contributed by atoms with E-state index in [2.05, 4.69) is 148 Å². The van der Waals surface area contributed by atoms with Crippen LogP contribution in [-0.2, 0) is 28.4 Å². The standard InChI is InChI=1S/C16H18ClO2P.C16H18O2.C8H11BO4.C8H9Br.C8H9IO.C8H10O2.C8H10O.3C4H8O.CH4/c1-11-7-5-9-13(18-3)15(11)20(17)16-12(2)8-6-10-14(16)19-4;1-12-7-6-8-13(2)16(12)14-9-4-5-10-15(14)18-11-17-3;1-12-6-13-8-5-3-2-4-7(8)9(10)11;1-6-4-3-5-7(2)8(6)9;1-6-4-3-5-7(10-2)8(6)9;1-9-7-10-8-5-3-2-4-6-8;1-7-4-3-5-8(6-7)9-2;3*1-2-4-5-3-1;/h5-10H,1-4H3;4-10H,11H2,1-3H3;2-5,10-11H,6H2,1H3;3-5H,1-2H3;3-5H,1-2H3;2-6H,7H2,1H3;3-6H,1-2H3;3*1-4H2;1H4. The van der Waals surface area contributed by atoms with Crippen LogP contribution in [0, 0.1) is 59.0 Å². The van der Waals surface area contributed by atoms with Crippen molar-refractivity contribution >= 4 is 80.2 Å². The molecule has 0 aromatic heterocycles. The molecule has 9 aromatic carbocycles. The van der Waals surface area contributed by atoms with E-state index in [9.17, 15) is 0 Å². The van der Waals surface area contributed by atoms with Crippen molar-refractivity contribution in [1.82, 2.24) is 0 Å². The number of methoxy groups -OCH3 is 7. The van der Waals surface area contributed by atoms with Crippen LogP contribution in [0.25, 0.3) is 11.1 Å². The van der Waals surface area contributed by atoms with E-state index in [1.807, 2.05) is 116 Å². The first kappa shape index (κ1) is 94.3. The second-order valence-electron chi connectivity index (χ2n) is 23.4. The summed E-state index contributed by atoms with van der Waals surface area (Å²) in [5.74, 6) is 5.66. The molecule has 0 atom stereocenters. The molecular weight excluding hydrogens is 1540 g/mol. The number of ether oxygens (including phenoxy) is 13. The average Bonchev–Trinajstić information content (AvgIpc) is 1.27. The maximum absolute atomic E-state index is 8.94. The Balaban J connectivity index is 0.000000408. The fraction of sp³-hybridized carbons (Fsp3) is 0.365. The highest BCUT2D eigenvalue weighted by molar-refractivity contribution is 14.1. The molecular formula is C85H113BBrClIO15P. The summed E-state index contributed by atoms with van der Waals surface area (Å²) < 4.78 is 68.6. The number of para-hydroxylation sites is 3. The average molecular weight is 1660 g/mol. The zero-order chi connectivity index (χ0) is 76.3. The van der Waals surface area contributed by atoms with Crippen molar-refractivity contribution < 1.29 is 71.6 Å². The van der Waals surface area contributed by atoms with Gasteiger partial charge in [0.05, 0.1) is 39.3 Å². The quantitative estimate of drug-likeness (QED) is 0.0383. The van der Waals surface area contributed by atoms with Crippen molar-refractivity contribution in [3.05, 3.63) is 247 Å².